The van der Waals surface area contributed by atoms with Gasteiger partial charge in [0.25, 0.3) is 0 Å². The van der Waals surface area contributed by atoms with Gasteiger partial charge in [0.2, 0.25) is 5.91 Å². The second kappa shape index (κ2) is 3.56. The topological polar surface area (TPSA) is 29.1 Å². The Morgan fingerprint density at radius 1 is 1.73 bits per heavy atom. The average molecular weight is 153 g/mol. The van der Waals surface area contributed by atoms with Crippen molar-refractivity contribution in [3.8, 4) is 0 Å². The van der Waals surface area contributed by atoms with Crippen LogP contribution in [0.25, 0.3) is 0 Å². The van der Waals surface area contributed by atoms with Crippen molar-refractivity contribution >= 4 is 5.91 Å². The van der Waals surface area contributed by atoms with Gasteiger partial charge in [-0.1, -0.05) is 11.6 Å². The number of carbonyl (C=O) groups excluding carboxylic acids is 1. The van der Waals surface area contributed by atoms with Crippen molar-refractivity contribution in [2.75, 3.05) is 0 Å². The lowest BCUT2D eigenvalue weighted by atomic mass is 9.96. The zero-order chi connectivity index (χ0) is 8.27. The molecule has 62 valence electrons. The molecule has 11 heavy (non-hydrogen) atoms. The maximum atomic E-state index is 10.7. The van der Waals surface area contributed by atoms with Crippen LogP contribution in [0.4, 0.5) is 0 Å². The molecule has 0 saturated heterocycles. The molecule has 1 aliphatic carbocycles. The lowest BCUT2D eigenvalue weighted by Gasteiger charge is -2.20. The summed E-state index contributed by atoms with van der Waals surface area (Å²) < 4.78 is 0. The van der Waals surface area contributed by atoms with E-state index in [1.807, 2.05) is 0 Å². The highest BCUT2D eigenvalue weighted by Gasteiger charge is 2.12. The number of carbonyl (C=O) groups is 1. The summed E-state index contributed by atoms with van der Waals surface area (Å²) >= 11 is 0. The summed E-state index contributed by atoms with van der Waals surface area (Å²) in [6.45, 7) is 3.72. The second-order valence-corrected chi connectivity index (χ2v) is 3.22. The van der Waals surface area contributed by atoms with E-state index in [9.17, 15) is 4.79 Å². The van der Waals surface area contributed by atoms with E-state index in [1.54, 1.807) is 6.92 Å². The molecule has 2 nitrogen and oxygen atoms in total. The summed E-state index contributed by atoms with van der Waals surface area (Å²) in [7, 11) is 0. The van der Waals surface area contributed by atoms with Crippen molar-refractivity contribution in [1.82, 2.24) is 5.32 Å². The smallest absolute Gasteiger partial charge is 0.217 e. The summed E-state index contributed by atoms with van der Waals surface area (Å²) in [5, 5.41) is 2.92. The summed E-state index contributed by atoms with van der Waals surface area (Å²) in [6, 6.07) is 0.385. The Morgan fingerprint density at radius 2 is 2.45 bits per heavy atom. The first-order chi connectivity index (χ1) is 5.18. The number of hydrogen-bond acceptors (Lipinski definition) is 1. The lowest BCUT2D eigenvalue weighted by Crippen LogP contribution is -2.33. The fourth-order valence-corrected chi connectivity index (χ4v) is 1.38. The van der Waals surface area contributed by atoms with Gasteiger partial charge in [-0.05, 0) is 26.2 Å². The molecule has 2 heteroatoms. The molecule has 0 aliphatic heterocycles. The number of nitrogens with one attached hydrogen (secondary N) is 1. The van der Waals surface area contributed by atoms with Gasteiger partial charge in [0.05, 0.1) is 0 Å². The first kappa shape index (κ1) is 8.31. The highest BCUT2D eigenvalue weighted by molar-refractivity contribution is 5.73. The average Bonchev–Trinajstić information content (AvgIpc) is 1.93. The molecule has 1 aliphatic rings. The van der Waals surface area contributed by atoms with Crippen molar-refractivity contribution < 1.29 is 4.79 Å². The molecule has 0 heterocycles. The molecule has 0 radical (unpaired) electrons. The molecule has 0 aromatic rings. The third-order valence-electron chi connectivity index (χ3n) is 2.05. The molecule has 0 saturated carbocycles. The van der Waals surface area contributed by atoms with Crippen LogP contribution in [-0.2, 0) is 4.79 Å². The highest BCUT2D eigenvalue weighted by atomic mass is 16.1. The van der Waals surface area contributed by atoms with Crippen LogP contribution < -0.4 is 5.32 Å². The minimum atomic E-state index is 0.0861. The predicted molar refractivity (Wildman–Crippen MR) is 45.2 cm³/mol. The number of rotatable bonds is 1. The molecule has 0 bridgehead atoms. The van der Waals surface area contributed by atoms with Crippen LogP contribution in [-0.4, -0.2) is 11.9 Å². The van der Waals surface area contributed by atoms with Gasteiger partial charge in [0, 0.05) is 13.0 Å². The van der Waals surface area contributed by atoms with E-state index >= 15 is 0 Å². The first-order valence-electron chi connectivity index (χ1n) is 4.11. The SMILES string of the molecule is CC(=O)N[C@H]1CC=C(C)CC1. The van der Waals surface area contributed by atoms with Crippen molar-refractivity contribution in [3.05, 3.63) is 11.6 Å². The van der Waals surface area contributed by atoms with Crippen LogP contribution in [0.3, 0.4) is 0 Å². The molecule has 1 N–H and O–H groups in total. The van der Waals surface area contributed by atoms with Crippen LogP contribution in [0.2, 0.25) is 0 Å². The van der Waals surface area contributed by atoms with E-state index in [4.69, 9.17) is 0 Å². The van der Waals surface area contributed by atoms with Crippen molar-refractivity contribution in [1.29, 1.82) is 0 Å². The van der Waals surface area contributed by atoms with Crippen LogP contribution in [0.5, 0.6) is 0 Å². The zero-order valence-electron chi connectivity index (χ0n) is 7.18. The quantitative estimate of drug-likeness (QED) is 0.570. The van der Waals surface area contributed by atoms with E-state index in [-0.39, 0.29) is 5.91 Å². The normalized spacial score (nSPS) is 24.2. The van der Waals surface area contributed by atoms with E-state index in [0.717, 1.165) is 19.3 Å². The van der Waals surface area contributed by atoms with Crippen molar-refractivity contribution in [2.45, 2.75) is 39.2 Å². The zero-order valence-corrected chi connectivity index (χ0v) is 7.18. The standard InChI is InChI=1S/C9H15NO/c1-7-3-5-9(6-4-7)10-8(2)11/h3,9H,4-6H2,1-2H3,(H,10,11)/t9-/m0/s1. The van der Waals surface area contributed by atoms with E-state index in [2.05, 4.69) is 18.3 Å². The van der Waals surface area contributed by atoms with Gasteiger partial charge in [0.1, 0.15) is 0 Å². The Kier molecular flexibility index (Phi) is 2.69. The summed E-state index contributed by atoms with van der Waals surface area (Å²) in [4.78, 5) is 10.7. The van der Waals surface area contributed by atoms with Crippen LogP contribution in [0.1, 0.15) is 33.1 Å². The lowest BCUT2D eigenvalue weighted by molar-refractivity contribution is -0.119. The monoisotopic (exact) mass is 153 g/mol. The van der Waals surface area contributed by atoms with Gasteiger partial charge in [-0.2, -0.15) is 0 Å². The third kappa shape index (κ3) is 2.74. The van der Waals surface area contributed by atoms with Crippen LogP contribution >= 0.6 is 0 Å². The maximum absolute atomic E-state index is 10.7. The minimum Gasteiger partial charge on any atom is -0.353 e. The van der Waals surface area contributed by atoms with Gasteiger partial charge in [-0.15, -0.1) is 0 Å². The Labute approximate surface area is 67.7 Å². The Morgan fingerprint density at radius 3 is 2.91 bits per heavy atom. The summed E-state index contributed by atoms with van der Waals surface area (Å²) in [5.41, 5.74) is 1.45. The van der Waals surface area contributed by atoms with Gasteiger partial charge in [0.15, 0.2) is 0 Å². The molecule has 0 fully saturated rings. The van der Waals surface area contributed by atoms with E-state index in [1.165, 1.54) is 5.57 Å². The van der Waals surface area contributed by atoms with E-state index < -0.39 is 0 Å². The summed E-state index contributed by atoms with van der Waals surface area (Å²) in [6.07, 6.45) is 5.45. The van der Waals surface area contributed by atoms with Gasteiger partial charge < -0.3 is 5.32 Å². The highest BCUT2D eigenvalue weighted by Crippen LogP contribution is 2.16. The van der Waals surface area contributed by atoms with Gasteiger partial charge in [-0.3, -0.25) is 4.79 Å². The molecule has 1 amide bonds. The Hall–Kier alpha value is -0.790. The second-order valence-electron chi connectivity index (χ2n) is 3.22. The minimum absolute atomic E-state index is 0.0861. The predicted octanol–water partition coefficient (Wildman–Crippen LogP) is 1.62. The largest absolute Gasteiger partial charge is 0.353 e. The summed E-state index contributed by atoms with van der Waals surface area (Å²) in [5.74, 6) is 0.0861. The number of amides is 1. The molecule has 0 spiro atoms. The van der Waals surface area contributed by atoms with Crippen LogP contribution in [0.15, 0.2) is 11.6 Å². The maximum Gasteiger partial charge on any atom is 0.217 e. The van der Waals surface area contributed by atoms with Crippen LogP contribution in [0, 0.1) is 0 Å². The fraction of sp³-hybridized carbons (Fsp3) is 0.667. The van der Waals surface area contributed by atoms with Gasteiger partial charge >= 0.3 is 0 Å². The molecular weight excluding hydrogens is 138 g/mol. The Bertz CT molecular complexity index is 184. The molecule has 0 unspecified atom stereocenters. The molecule has 0 aromatic carbocycles. The fourth-order valence-electron chi connectivity index (χ4n) is 1.38. The van der Waals surface area contributed by atoms with E-state index in [0.29, 0.717) is 6.04 Å². The molecule has 1 atom stereocenters. The van der Waals surface area contributed by atoms with Crippen molar-refractivity contribution in [3.63, 3.8) is 0 Å². The Balaban J connectivity index is 2.35. The number of hydrogen-bond donors (Lipinski definition) is 1. The molecular formula is C9H15NO. The third-order valence-corrected chi connectivity index (χ3v) is 2.05. The van der Waals surface area contributed by atoms with Crippen molar-refractivity contribution in [2.24, 2.45) is 0 Å². The molecule has 1 rings (SSSR count). The number of allylic oxidation sites excluding steroid dienone is 1. The first-order valence-corrected chi connectivity index (χ1v) is 4.11. The molecule has 0 aromatic heterocycles. The van der Waals surface area contributed by atoms with Gasteiger partial charge in [-0.25, -0.2) is 0 Å².